The number of rotatable bonds is 5. The van der Waals surface area contributed by atoms with Crippen LogP contribution in [0.15, 0.2) is 18.2 Å². The van der Waals surface area contributed by atoms with Crippen molar-refractivity contribution in [1.29, 1.82) is 0 Å². The van der Waals surface area contributed by atoms with Crippen molar-refractivity contribution in [1.82, 2.24) is 10.2 Å². The van der Waals surface area contributed by atoms with Crippen LogP contribution in [0.1, 0.15) is 30.9 Å². The lowest BCUT2D eigenvalue weighted by Crippen LogP contribution is -2.45. The van der Waals surface area contributed by atoms with Gasteiger partial charge in [0.2, 0.25) is 0 Å². The number of piperazine rings is 1. The molecular formula is C16H20ClF3N2O. The van der Waals surface area contributed by atoms with Gasteiger partial charge < -0.3 is 10.1 Å². The molecule has 1 atom stereocenters. The summed E-state index contributed by atoms with van der Waals surface area (Å²) < 4.78 is 41.0. The van der Waals surface area contributed by atoms with Crippen molar-refractivity contribution in [3.05, 3.63) is 28.8 Å². The van der Waals surface area contributed by atoms with Crippen LogP contribution < -0.4 is 10.1 Å². The van der Waals surface area contributed by atoms with Gasteiger partial charge in [0, 0.05) is 32.2 Å². The first-order chi connectivity index (χ1) is 10.9. The molecule has 0 amide bonds. The monoisotopic (exact) mass is 348 g/mol. The number of nitrogens with one attached hydrogen (secondary N) is 1. The van der Waals surface area contributed by atoms with Crippen molar-refractivity contribution >= 4 is 11.6 Å². The number of alkyl halides is 3. The fourth-order valence-electron chi connectivity index (χ4n) is 3.09. The number of benzene rings is 1. The van der Waals surface area contributed by atoms with E-state index in [0.29, 0.717) is 0 Å². The van der Waals surface area contributed by atoms with E-state index in [9.17, 15) is 13.2 Å². The van der Waals surface area contributed by atoms with Crippen molar-refractivity contribution in [3.63, 3.8) is 0 Å². The largest absolute Gasteiger partial charge is 0.573 e. The first kappa shape index (κ1) is 16.9. The molecule has 1 aliphatic carbocycles. The van der Waals surface area contributed by atoms with Crippen molar-refractivity contribution in [3.8, 4) is 5.75 Å². The lowest BCUT2D eigenvalue weighted by Gasteiger charge is -2.35. The highest BCUT2D eigenvalue weighted by Gasteiger charge is 2.33. The van der Waals surface area contributed by atoms with Gasteiger partial charge in [-0.15, -0.1) is 13.2 Å². The molecule has 0 radical (unpaired) electrons. The zero-order chi connectivity index (χ0) is 16.4. The third kappa shape index (κ3) is 4.75. The van der Waals surface area contributed by atoms with Gasteiger partial charge in [0.15, 0.2) is 0 Å². The minimum atomic E-state index is -4.73. The number of hydrogen-bond donors (Lipinski definition) is 1. The molecule has 2 aliphatic rings. The van der Waals surface area contributed by atoms with E-state index in [0.717, 1.165) is 44.1 Å². The van der Waals surface area contributed by atoms with Crippen LogP contribution in [0, 0.1) is 5.92 Å². The van der Waals surface area contributed by atoms with Gasteiger partial charge >= 0.3 is 6.36 Å². The topological polar surface area (TPSA) is 24.5 Å². The molecule has 1 saturated carbocycles. The molecule has 1 aromatic rings. The van der Waals surface area contributed by atoms with Gasteiger partial charge in [-0.2, -0.15) is 0 Å². The molecule has 128 valence electrons. The average molecular weight is 349 g/mol. The second-order valence-electron chi connectivity index (χ2n) is 6.22. The number of nitrogens with zero attached hydrogens (tertiary/aromatic N) is 1. The van der Waals surface area contributed by atoms with Crippen LogP contribution in [-0.4, -0.2) is 37.4 Å². The number of ether oxygens (including phenoxy) is 1. The van der Waals surface area contributed by atoms with E-state index in [4.69, 9.17) is 11.6 Å². The van der Waals surface area contributed by atoms with Gasteiger partial charge in [-0.05, 0) is 30.0 Å². The SMILES string of the molecule is FC(F)(F)Oc1ccc([C@H](CC2CC2)N2CCNCC2)cc1Cl. The molecule has 3 nitrogen and oxygen atoms in total. The molecule has 1 aromatic carbocycles. The fraction of sp³-hybridized carbons (Fsp3) is 0.625. The van der Waals surface area contributed by atoms with Gasteiger partial charge in [0.05, 0.1) is 5.02 Å². The van der Waals surface area contributed by atoms with E-state index < -0.39 is 6.36 Å². The number of hydrogen-bond acceptors (Lipinski definition) is 3. The zero-order valence-electron chi connectivity index (χ0n) is 12.7. The van der Waals surface area contributed by atoms with Gasteiger partial charge in [0.25, 0.3) is 0 Å². The molecule has 0 bridgehead atoms. The second kappa shape index (κ2) is 6.87. The van der Waals surface area contributed by atoms with Crippen LogP contribution in [0.4, 0.5) is 13.2 Å². The van der Waals surface area contributed by atoms with Crippen LogP contribution in [-0.2, 0) is 0 Å². The minimum absolute atomic E-state index is 0.00996. The maximum atomic E-state index is 12.4. The Morgan fingerprint density at radius 2 is 1.96 bits per heavy atom. The molecule has 0 aromatic heterocycles. The van der Waals surface area contributed by atoms with E-state index >= 15 is 0 Å². The maximum absolute atomic E-state index is 12.4. The average Bonchev–Trinajstić information content (AvgIpc) is 3.31. The molecule has 7 heteroatoms. The molecule has 0 unspecified atom stereocenters. The summed E-state index contributed by atoms with van der Waals surface area (Å²) in [6, 6.07) is 4.87. The predicted octanol–water partition coefficient (Wildman–Crippen LogP) is 3.99. The van der Waals surface area contributed by atoms with Crippen LogP contribution in [0.5, 0.6) is 5.75 Å². The molecule has 2 fully saturated rings. The lowest BCUT2D eigenvalue weighted by molar-refractivity contribution is -0.274. The van der Waals surface area contributed by atoms with Gasteiger partial charge in [-0.25, -0.2) is 0 Å². The van der Waals surface area contributed by atoms with E-state index in [-0.39, 0.29) is 16.8 Å². The third-order valence-electron chi connectivity index (χ3n) is 4.41. The number of halogens is 4. The smallest absolute Gasteiger partial charge is 0.404 e. The van der Waals surface area contributed by atoms with Crippen LogP contribution in [0.3, 0.4) is 0 Å². The maximum Gasteiger partial charge on any atom is 0.573 e. The Bertz CT molecular complexity index is 543. The van der Waals surface area contributed by atoms with Gasteiger partial charge in [-0.3, -0.25) is 4.90 Å². The summed E-state index contributed by atoms with van der Waals surface area (Å²) in [4.78, 5) is 2.39. The second-order valence-corrected chi connectivity index (χ2v) is 6.63. The van der Waals surface area contributed by atoms with Crippen molar-refractivity contribution in [2.45, 2.75) is 31.7 Å². The molecular weight excluding hydrogens is 329 g/mol. The van der Waals surface area contributed by atoms with E-state index in [1.54, 1.807) is 12.1 Å². The van der Waals surface area contributed by atoms with E-state index in [2.05, 4.69) is 15.0 Å². The summed E-state index contributed by atoms with van der Waals surface area (Å²) in [7, 11) is 0. The van der Waals surface area contributed by atoms with Gasteiger partial charge in [0.1, 0.15) is 5.75 Å². The first-order valence-electron chi connectivity index (χ1n) is 7.92. The summed E-state index contributed by atoms with van der Waals surface area (Å²) in [5.41, 5.74) is 0.971. The molecule has 1 aliphatic heterocycles. The third-order valence-corrected chi connectivity index (χ3v) is 4.71. The Hall–Kier alpha value is -0.980. The highest BCUT2D eigenvalue weighted by atomic mass is 35.5. The Labute approximate surface area is 138 Å². The molecule has 1 heterocycles. The molecule has 23 heavy (non-hydrogen) atoms. The van der Waals surface area contributed by atoms with Crippen molar-refractivity contribution in [2.24, 2.45) is 5.92 Å². The normalized spacial score (nSPS) is 21.2. The summed E-state index contributed by atoms with van der Waals surface area (Å²) in [5, 5.41) is 3.33. The van der Waals surface area contributed by atoms with Gasteiger partial charge in [-0.1, -0.05) is 30.5 Å². The Morgan fingerprint density at radius 1 is 1.26 bits per heavy atom. The Kier molecular flexibility index (Phi) is 5.04. The lowest BCUT2D eigenvalue weighted by atomic mass is 9.98. The molecule has 0 spiro atoms. The summed E-state index contributed by atoms with van der Waals surface area (Å²) in [5.74, 6) is 0.383. The quantitative estimate of drug-likeness (QED) is 0.871. The predicted molar refractivity (Wildman–Crippen MR) is 82.7 cm³/mol. The summed E-state index contributed by atoms with van der Waals surface area (Å²) >= 11 is 6.01. The van der Waals surface area contributed by atoms with E-state index in [1.165, 1.54) is 18.9 Å². The molecule has 1 saturated heterocycles. The van der Waals surface area contributed by atoms with E-state index in [1.807, 2.05) is 0 Å². The van der Waals surface area contributed by atoms with Crippen molar-refractivity contribution in [2.75, 3.05) is 26.2 Å². The first-order valence-corrected chi connectivity index (χ1v) is 8.30. The highest BCUT2D eigenvalue weighted by molar-refractivity contribution is 6.32. The Morgan fingerprint density at radius 3 is 2.52 bits per heavy atom. The highest BCUT2D eigenvalue weighted by Crippen LogP contribution is 2.41. The standard InChI is InChI=1S/C16H20ClF3N2O/c17-13-10-12(3-4-15(13)23-16(18,19)20)14(9-11-1-2-11)22-7-5-21-6-8-22/h3-4,10-11,14,21H,1-2,5-9H2/t14-/m0/s1. The van der Waals surface area contributed by atoms with Crippen LogP contribution in [0.25, 0.3) is 0 Å². The summed E-state index contributed by atoms with van der Waals surface area (Å²) in [6.07, 6.45) is -1.20. The zero-order valence-corrected chi connectivity index (χ0v) is 13.5. The Balaban J connectivity index is 1.79. The molecule has 3 rings (SSSR count). The summed E-state index contributed by atoms with van der Waals surface area (Å²) in [6.45, 7) is 3.75. The minimum Gasteiger partial charge on any atom is -0.404 e. The fourth-order valence-corrected chi connectivity index (χ4v) is 3.32. The molecule has 1 N–H and O–H groups in total. The van der Waals surface area contributed by atoms with Crippen LogP contribution in [0.2, 0.25) is 5.02 Å². The van der Waals surface area contributed by atoms with Crippen molar-refractivity contribution < 1.29 is 17.9 Å². The van der Waals surface area contributed by atoms with Crippen LogP contribution >= 0.6 is 11.6 Å².